The summed E-state index contributed by atoms with van der Waals surface area (Å²) in [7, 11) is 0. The third kappa shape index (κ3) is 42.6. The van der Waals surface area contributed by atoms with E-state index >= 15 is 0 Å². The highest BCUT2D eigenvalue weighted by Gasteiger charge is 1.60. The molecule has 0 fully saturated rings. The van der Waals surface area contributed by atoms with E-state index in [2.05, 4.69) is 19.9 Å². The third-order valence-electron chi connectivity index (χ3n) is 0.577. The molecule has 0 amide bonds. The maximum absolute atomic E-state index is 2.08. The Morgan fingerprint density at radius 1 is 1.12 bits per heavy atom. The van der Waals surface area contributed by atoms with Crippen LogP contribution < -0.4 is 0 Å². The molecule has 0 atom stereocenters. The van der Waals surface area contributed by atoms with Gasteiger partial charge in [-0.1, -0.05) is 32.9 Å². The molecule has 0 rings (SSSR count). The van der Waals surface area contributed by atoms with Gasteiger partial charge in [-0.3, -0.25) is 0 Å². The Morgan fingerprint density at radius 3 is 1.25 bits per heavy atom. The molecular formula is C8H20. The fourth-order valence-corrected chi connectivity index (χ4v) is 0. The SMILES string of the molecule is C.CC.CC=C(C)C. The molecule has 0 aromatic carbocycles. The van der Waals surface area contributed by atoms with E-state index in [-0.39, 0.29) is 7.43 Å². The van der Waals surface area contributed by atoms with E-state index in [1.165, 1.54) is 5.57 Å². The van der Waals surface area contributed by atoms with Crippen LogP contribution in [0.1, 0.15) is 42.0 Å². The highest BCUT2D eigenvalue weighted by atomic mass is 13.7. The first-order chi connectivity index (χ1) is 3.27. The van der Waals surface area contributed by atoms with Gasteiger partial charge in [-0.25, -0.2) is 0 Å². The molecule has 0 spiro atoms. The highest BCUT2D eigenvalue weighted by molar-refractivity contribution is 4.88. The van der Waals surface area contributed by atoms with Crippen molar-refractivity contribution >= 4 is 0 Å². The first-order valence-electron chi connectivity index (χ1n) is 2.87. The summed E-state index contributed by atoms with van der Waals surface area (Å²) in [4.78, 5) is 0. The minimum absolute atomic E-state index is 0. The largest absolute Gasteiger partial charge is 0.0890 e. The molecule has 52 valence electrons. The van der Waals surface area contributed by atoms with Gasteiger partial charge in [0.1, 0.15) is 0 Å². The zero-order valence-electron chi connectivity index (χ0n) is 6.08. The van der Waals surface area contributed by atoms with Crippen molar-refractivity contribution in [2.75, 3.05) is 0 Å². The second-order valence-corrected chi connectivity index (χ2v) is 1.37. The highest BCUT2D eigenvalue weighted by Crippen LogP contribution is 1.82. The average molecular weight is 116 g/mol. The van der Waals surface area contributed by atoms with Crippen molar-refractivity contribution in [2.45, 2.75) is 42.0 Å². The summed E-state index contributed by atoms with van der Waals surface area (Å²) >= 11 is 0. The second-order valence-electron chi connectivity index (χ2n) is 1.37. The van der Waals surface area contributed by atoms with E-state index in [0.29, 0.717) is 0 Å². The molecule has 0 aliphatic rings. The minimum atomic E-state index is 0. The molecule has 0 aromatic rings. The van der Waals surface area contributed by atoms with Gasteiger partial charge >= 0.3 is 0 Å². The molecule has 0 N–H and O–H groups in total. The summed E-state index contributed by atoms with van der Waals surface area (Å²) in [6.45, 7) is 10.2. The Labute approximate surface area is 54.6 Å². The van der Waals surface area contributed by atoms with Gasteiger partial charge in [-0.15, -0.1) is 0 Å². The monoisotopic (exact) mass is 116 g/mol. The van der Waals surface area contributed by atoms with Crippen LogP contribution in [0.3, 0.4) is 0 Å². The normalized spacial score (nSPS) is 5.12. The summed E-state index contributed by atoms with van der Waals surface area (Å²) < 4.78 is 0. The Balaban J connectivity index is -0.0000000750. The average Bonchev–Trinajstić information content (AvgIpc) is 1.73. The zero-order chi connectivity index (χ0) is 6.28. The maximum Gasteiger partial charge on any atom is -0.0442 e. The van der Waals surface area contributed by atoms with Crippen LogP contribution in [0.5, 0.6) is 0 Å². The molecule has 0 radical (unpaired) electrons. The van der Waals surface area contributed by atoms with Gasteiger partial charge in [-0.05, 0) is 20.8 Å². The summed E-state index contributed by atoms with van der Waals surface area (Å²) in [5, 5.41) is 0. The van der Waals surface area contributed by atoms with Crippen LogP contribution in [-0.4, -0.2) is 0 Å². The smallest absolute Gasteiger partial charge is 0.0442 e. The molecule has 0 saturated heterocycles. The lowest BCUT2D eigenvalue weighted by Crippen LogP contribution is -1.52. The van der Waals surface area contributed by atoms with Crippen molar-refractivity contribution < 1.29 is 0 Å². The van der Waals surface area contributed by atoms with Crippen molar-refractivity contribution in [1.29, 1.82) is 0 Å². The van der Waals surface area contributed by atoms with Crippen molar-refractivity contribution in [3.05, 3.63) is 11.6 Å². The van der Waals surface area contributed by atoms with E-state index in [0.717, 1.165) is 0 Å². The molecule has 0 heteroatoms. The van der Waals surface area contributed by atoms with Crippen molar-refractivity contribution in [2.24, 2.45) is 0 Å². The molecule has 0 aromatic heterocycles. The summed E-state index contributed by atoms with van der Waals surface area (Å²) in [6, 6.07) is 0. The third-order valence-corrected chi connectivity index (χ3v) is 0.577. The molecular weight excluding hydrogens is 96.1 g/mol. The lowest BCUT2D eigenvalue weighted by molar-refractivity contribution is 1.36. The lowest BCUT2D eigenvalue weighted by atomic mass is 10.3. The first kappa shape index (κ1) is 15.6. The Morgan fingerprint density at radius 2 is 1.25 bits per heavy atom. The van der Waals surface area contributed by atoms with Crippen LogP contribution in [0.25, 0.3) is 0 Å². The fourth-order valence-electron chi connectivity index (χ4n) is 0. The van der Waals surface area contributed by atoms with Crippen LogP contribution in [-0.2, 0) is 0 Å². The first-order valence-corrected chi connectivity index (χ1v) is 2.87. The fraction of sp³-hybridized carbons (Fsp3) is 0.750. The molecule has 8 heavy (non-hydrogen) atoms. The Kier molecular flexibility index (Phi) is 31.1. The number of hydrogen-bond donors (Lipinski definition) is 0. The molecule has 0 unspecified atom stereocenters. The van der Waals surface area contributed by atoms with Crippen LogP contribution >= 0.6 is 0 Å². The quantitative estimate of drug-likeness (QED) is 0.424. The predicted molar refractivity (Wildman–Crippen MR) is 43.2 cm³/mol. The van der Waals surface area contributed by atoms with E-state index in [4.69, 9.17) is 0 Å². The van der Waals surface area contributed by atoms with Gasteiger partial charge in [-0.2, -0.15) is 0 Å². The molecule has 0 aliphatic carbocycles. The molecule has 0 aliphatic heterocycles. The van der Waals surface area contributed by atoms with Gasteiger partial charge in [0.15, 0.2) is 0 Å². The minimum Gasteiger partial charge on any atom is -0.0890 e. The van der Waals surface area contributed by atoms with Crippen LogP contribution in [0.4, 0.5) is 0 Å². The van der Waals surface area contributed by atoms with Gasteiger partial charge in [0.05, 0.1) is 0 Å². The van der Waals surface area contributed by atoms with E-state index in [1.54, 1.807) is 0 Å². The topological polar surface area (TPSA) is 0 Å². The van der Waals surface area contributed by atoms with Crippen LogP contribution in [0.15, 0.2) is 11.6 Å². The molecule has 0 bridgehead atoms. The summed E-state index contributed by atoms with van der Waals surface area (Å²) in [6.07, 6.45) is 2.08. The van der Waals surface area contributed by atoms with Gasteiger partial charge in [0, 0.05) is 0 Å². The number of rotatable bonds is 0. The van der Waals surface area contributed by atoms with Gasteiger partial charge in [0.25, 0.3) is 0 Å². The zero-order valence-corrected chi connectivity index (χ0v) is 6.08. The maximum atomic E-state index is 2.08. The second kappa shape index (κ2) is 15.9. The summed E-state index contributed by atoms with van der Waals surface area (Å²) in [5.74, 6) is 0. The van der Waals surface area contributed by atoms with Crippen LogP contribution in [0.2, 0.25) is 0 Å². The van der Waals surface area contributed by atoms with Gasteiger partial charge in [0.2, 0.25) is 0 Å². The standard InChI is InChI=1S/C5H10.C2H6.CH4/c1-4-5(2)3;1-2;/h4H,1-3H3;1-2H3;1H4. The van der Waals surface area contributed by atoms with Crippen LogP contribution in [0, 0.1) is 0 Å². The van der Waals surface area contributed by atoms with Crippen molar-refractivity contribution in [3.8, 4) is 0 Å². The molecule has 0 heterocycles. The Bertz CT molecular complexity index is 38.0. The predicted octanol–water partition coefficient (Wildman–Crippen LogP) is 3.63. The Hall–Kier alpha value is -0.260. The summed E-state index contributed by atoms with van der Waals surface area (Å²) in [5.41, 5.74) is 1.38. The van der Waals surface area contributed by atoms with Crippen molar-refractivity contribution in [3.63, 3.8) is 0 Å². The molecule has 0 saturated carbocycles. The van der Waals surface area contributed by atoms with E-state index in [9.17, 15) is 0 Å². The van der Waals surface area contributed by atoms with Gasteiger partial charge < -0.3 is 0 Å². The van der Waals surface area contributed by atoms with E-state index in [1.807, 2.05) is 20.8 Å². The van der Waals surface area contributed by atoms with Crippen molar-refractivity contribution in [1.82, 2.24) is 0 Å². The lowest BCUT2D eigenvalue weighted by Gasteiger charge is -1.74. The van der Waals surface area contributed by atoms with E-state index < -0.39 is 0 Å². The molecule has 0 nitrogen and oxygen atoms in total. The number of hydrogen-bond acceptors (Lipinski definition) is 0. The number of allylic oxidation sites excluding steroid dienone is 2.